The Kier molecular flexibility index (Phi) is 6.74. The number of imide groups is 1. The van der Waals surface area contributed by atoms with Crippen LogP contribution in [0.2, 0.25) is 0 Å². The Balaban J connectivity index is 1.40. The second kappa shape index (κ2) is 9.92. The van der Waals surface area contributed by atoms with Gasteiger partial charge in [-0.25, -0.2) is 9.78 Å². The summed E-state index contributed by atoms with van der Waals surface area (Å²) in [7, 11) is 0. The molecule has 1 aliphatic carbocycles. The number of nitrogens with zero attached hydrogens (tertiary/aromatic N) is 3. The number of benzene rings is 1. The third kappa shape index (κ3) is 4.63. The number of hydrogen-bond donors (Lipinski definition) is 1. The summed E-state index contributed by atoms with van der Waals surface area (Å²) in [6, 6.07) is 9.86. The lowest BCUT2D eigenvalue weighted by Gasteiger charge is -2.18. The van der Waals surface area contributed by atoms with E-state index in [4.69, 9.17) is 4.98 Å². The van der Waals surface area contributed by atoms with Crippen molar-refractivity contribution in [1.29, 1.82) is 0 Å². The number of thioether (sulfide) groups is 1. The predicted molar refractivity (Wildman–Crippen MR) is 136 cm³/mol. The first-order chi connectivity index (χ1) is 16.5. The van der Waals surface area contributed by atoms with Crippen molar-refractivity contribution in [1.82, 2.24) is 19.8 Å². The maximum atomic E-state index is 13.7. The normalized spacial score (nSPS) is 17.9. The molecule has 1 fully saturated rings. The molecule has 0 spiro atoms. The number of thiophene rings is 1. The van der Waals surface area contributed by atoms with Crippen molar-refractivity contribution < 1.29 is 9.59 Å². The van der Waals surface area contributed by atoms with Gasteiger partial charge in [0.15, 0.2) is 5.16 Å². The average Bonchev–Trinajstić information content (AvgIpc) is 3.35. The van der Waals surface area contributed by atoms with Gasteiger partial charge in [0.05, 0.1) is 11.9 Å². The largest absolute Gasteiger partial charge is 0.329 e. The van der Waals surface area contributed by atoms with Crippen molar-refractivity contribution in [3.05, 3.63) is 56.7 Å². The van der Waals surface area contributed by atoms with E-state index in [0.717, 1.165) is 41.1 Å². The van der Waals surface area contributed by atoms with Crippen molar-refractivity contribution in [3.8, 4) is 0 Å². The maximum Gasteiger partial charge on any atom is 0.324 e. The first-order valence-electron chi connectivity index (χ1n) is 11.8. The van der Waals surface area contributed by atoms with Crippen LogP contribution in [0.3, 0.4) is 0 Å². The van der Waals surface area contributed by atoms with Crippen LogP contribution in [0.5, 0.6) is 0 Å². The minimum Gasteiger partial charge on any atom is -0.329 e. The minimum absolute atomic E-state index is 0.0598. The van der Waals surface area contributed by atoms with Crippen LogP contribution in [0.25, 0.3) is 10.2 Å². The van der Waals surface area contributed by atoms with Crippen LogP contribution in [0.1, 0.15) is 35.8 Å². The van der Waals surface area contributed by atoms with Crippen LogP contribution in [0.15, 0.2) is 40.3 Å². The molecule has 1 N–H and O–H groups in total. The molecule has 0 radical (unpaired) electrons. The van der Waals surface area contributed by atoms with Crippen molar-refractivity contribution >= 4 is 45.3 Å². The Morgan fingerprint density at radius 2 is 2.00 bits per heavy atom. The molecule has 1 aromatic carbocycles. The summed E-state index contributed by atoms with van der Waals surface area (Å²) in [5.41, 5.74) is 2.45. The van der Waals surface area contributed by atoms with Crippen molar-refractivity contribution in [2.24, 2.45) is 5.92 Å². The van der Waals surface area contributed by atoms with Crippen LogP contribution in [0.4, 0.5) is 4.79 Å². The van der Waals surface area contributed by atoms with Gasteiger partial charge in [-0.05, 0) is 49.1 Å². The molecule has 3 aromatic rings. The lowest BCUT2D eigenvalue weighted by molar-refractivity contribution is -0.124. The van der Waals surface area contributed by atoms with Gasteiger partial charge in [0.2, 0.25) is 5.91 Å². The van der Waals surface area contributed by atoms with Crippen LogP contribution in [0, 0.1) is 5.92 Å². The summed E-state index contributed by atoms with van der Waals surface area (Å²) in [4.78, 5) is 45.7. The summed E-state index contributed by atoms with van der Waals surface area (Å²) in [5.74, 6) is 1.12. The molecule has 3 amide bonds. The second-order valence-corrected chi connectivity index (χ2v) is 11.2. The molecule has 9 heteroatoms. The molecule has 1 aliphatic heterocycles. The van der Waals surface area contributed by atoms with E-state index in [1.165, 1.54) is 32.7 Å². The van der Waals surface area contributed by atoms with Crippen molar-refractivity contribution in [2.75, 3.05) is 18.8 Å². The van der Waals surface area contributed by atoms with Crippen molar-refractivity contribution in [2.45, 2.75) is 50.7 Å². The number of aromatic nitrogens is 2. The predicted octanol–water partition coefficient (Wildman–Crippen LogP) is 3.86. The number of hydrogen-bond acceptors (Lipinski definition) is 6. The van der Waals surface area contributed by atoms with E-state index < -0.39 is 0 Å². The Morgan fingerprint density at radius 1 is 1.18 bits per heavy atom. The van der Waals surface area contributed by atoms with Gasteiger partial charge in [-0.1, -0.05) is 49.0 Å². The fourth-order valence-corrected chi connectivity index (χ4v) is 7.04. The van der Waals surface area contributed by atoms with E-state index in [1.807, 2.05) is 22.8 Å². The molecule has 5 rings (SSSR count). The molecule has 2 aromatic heterocycles. The van der Waals surface area contributed by atoms with E-state index in [2.05, 4.69) is 24.4 Å². The highest BCUT2D eigenvalue weighted by atomic mass is 32.2. The highest BCUT2D eigenvalue weighted by molar-refractivity contribution is 7.99. The quantitative estimate of drug-likeness (QED) is 0.222. The van der Waals surface area contributed by atoms with Gasteiger partial charge in [-0.2, -0.15) is 0 Å². The van der Waals surface area contributed by atoms with E-state index in [0.29, 0.717) is 31.2 Å². The highest BCUT2D eigenvalue weighted by Crippen LogP contribution is 2.36. The zero-order valence-electron chi connectivity index (χ0n) is 19.2. The number of urea groups is 1. The first kappa shape index (κ1) is 23.1. The SMILES string of the molecule is CC1CCc2c(sc3nc(SCCCN4C(=O)CNC4=O)n(CCc4ccccc4)c(=O)c23)C1. The van der Waals surface area contributed by atoms with Gasteiger partial charge >= 0.3 is 6.03 Å². The minimum atomic E-state index is -0.326. The van der Waals surface area contributed by atoms with E-state index in [-0.39, 0.29) is 24.0 Å². The molecule has 178 valence electrons. The van der Waals surface area contributed by atoms with Crippen LogP contribution < -0.4 is 10.9 Å². The smallest absolute Gasteiger partial charge is 0.324 e. The van der Waals surface area contributed by atoms with Gasteiger partial charge in [0, 0.05) is 23.7 Å². The summed E-state index contributed by atoms with van der Waals surface area (Å²) < 4.78 is 1.83. The molecule has 34 heavy (non-hydrogen) atoms. The van der Waals surface area contributed by atoms with E-state index in [1.54, 1.807) is 11.3 Å². The zero-order chi connectivity index (χ0) is 23.7. The fraction of sp³-hybridized carbons (Fsp3) is 0.440. The number of aryl methyl sites for hydroxylation is 2. The first-order valence-corrected chi connectivity index (χ1v) is 13.6. The average molecular weight is 497 g/mol. The highest BCUT2D eigenvalue weighted by Gasteiger charge is 2.28. The molecule has 1 saturated heterocycles. The third-order valence-electron chi connectivity index (χ3n) is 6.54. The number of carbonyl (C=O) groups excluding carboxylic acids is 2. The van der Waals surface area contributed by atoms with Crippen LogP contribution in [-0.4, -0.2) is 45.2 Å². The van der Waals surface area contributed by atoms with Gasteiger partial charge in [-0.15, -0.1) is 11.3 Å². The van der Waals surface area contributed by atoms with Gasteiger partial charge < -0.3 is 5.32 Å². The molecule has 1 unspecified atom stereocenters. The number of rotatable bonds is 8. The molecule has 7 nitrogen and oxygen atoms in total. The Hall–Kier alpha value is -2.65. The molecule has 0 bridgehead atoms. The summed E-state index contributed by atoms with van der Waals surface area (Å²) in [6.45, 7) is 3.29. The topological polar surface area (TPSA) is 84.3 Å². The lowest BCUT2D eigenvalue weighted by Crippen LogP contribution is -2.32. The number of carbonyl (C=O) groups is 2. The van der Waals surface area contributed by atoms with Gasteiger partial charge in [0.1, 0.15) is 4.83 Å². The number of nitrogens with one attached hydrogen (secondary N) is 1. The molecule has 3 heterocycles. The lowest BCUT2D eigenvalue weighted by atomic mass is 9.89. The van der Waals surface area contributed by atoms with Gasteiger partial charge in [-0.3, -0.25) is 19.1 Å². The Bertz CT molecular complexity index is 1270. The van der Waals surface area contributed by atoms with Crippen LogP contribution in [-0.2, 0) is 30.6 Å². The molecule has 1 atom stereocenters. The zero-order valence-corrected chi connectivity index (χ0v) is 20.8. The Labute approximate surface area is 206 Å². The van der Waals surface area contributed by atoms with Gasteiger partial charge in [0.25, 0.3) is 5.56 Å². The molecule has 2 aliphatic rings. The summed E-state index contributed by atoms with van der Waals surface area (Å²) in [6.07, 6.45) is 4.49. The van der Waals surface area contributed by atoms with E-state index in [9.17, 15) is 14.4 Å². The number of fused-ring (bicyclic) bond motifs is 3. The fourth-order valence-electron chi connectivity index (χ4n) is 4.67. The monoisotopic (exact) mass is 496 g/mol. The third-order valence-corrected chi connectivity index (χ3v) is 8.75. The van der Waals surface area contributed by atoms with Crippen molar-refractivity contribution in [3.63, 3.8) is 0 Å². The molecule has 0 saturated carbocycles. The molecular weight excluding hydrogens is 468 g/mol. The summed E-state index contributed by atoms with van der Waals surface area (Å²) >= 11 is 3.20. The van der Waals surface area contributed by atoms with E-state index >= 15 is 0 Å². The standard InChI is InChI=1S/C25H28N4O3S2/c1-16-8-9-18-19(14-16)34-22-21(18)23(31)29(12-10-17-6-3-2-4-7-17)25(27-22)33-13-5-11-28-20(30)15-26-24(28)32/h2-4,6-7,16H,5,8-15H2,1H3,(H,26,32). The number of amides is 3. The Morgan fingerprint density at radius 3 is 2.76 bits per heavy atom. The summed E-state index contributed by atoms with van der Waals surface area (Å²) in [5, 5.41) is 4.08. The van der Waals surface area contributed by atoms with Crippen LogP contribution >= 0.6 is 23.1 Å². The molecular formula is C25H28N4O3S2. The second-order valence-electron chi connectivity index (χ2n) is 9.02. The maximum absolute atomic E-state index is 13.7.